The highest BCUT2D eigenvalue weighted by Gasteiger charge is 2.21. The van der Waals surface area contributed by atoms with Crippen LogP contribution in [0.4, 0.5) is 0 Å². The molecule has 0 saturated heterocycles. The van der Waals surface area contributed by atoms with Crippen molar-refractivity contribution in [2.45, 2.75) is 26.3 Å². The minimum atomic E-state index is 0.742. The molecule has 0 unspecified atom stereocenters. The molecule has 2 rings (SSSR count). The molecule has 1 aromatic heterocycles. The molecule has 1 saturated carbocycles. The number of hydrogen-bond donors (Lipinski definition) is 1. The molecule has 0 amide bonds. The van der Waals surface area contributed by atoms with Crippen LogP contribution in [-0.4, -0.2) is 60.3 Å². The van der Waals surface area contributed by atoms with E-state index in [1.54, 1.807) is 6.20 Å². The normalized spacial score (nSPS) is 15.2. The summed E-state index contributed by atoms with van der Waals surface area (Å²) in [6.45, 7) is 7.09. The van der Waals surface area contributed by atoms with E-state index in [2.05, 4.69) is 34.2 Å². The molecule has 0 bridgehead atoms. The number of aliphatic imine (C=N–C) groups is 1. The van der Waals surface area contributed by atoms with Crippen molar-refractivity contribution in [1.29, 1.82) is 0 Å². The zero-order chi connectivity index (χ0) is 14.9. The van der Waals surface area contributed by atoms with Gasteiger partial charge in [0.1, 0.15) is 0 Å². The van der Waals surface area contributed by atoms with Gasteiger partial charge in [0.2, 0.25) is 0 Å². The summed E-state index contributed by atoms with van der Waals surface area (Å²) < 4.78 is 7.72. The van der Waals surface area contributed by atoms with E-state index in [1.165, 1.54) is 12.8 Å². The number of rotatable bonds is 9. The van der Waals surface area contributed by atoms with Crippen LogP contribution < -0.4 is 5.32 Å². The Kier molecular flexibility index (Phi) is 6.53. The van der Waals surface area contributed by atoms with E-state index in [9.17, 15) is 0 Å². The fourth-order valence-corrected chi connectivity index (χ4v) is 2.00. The van der Waals surface area contributed by atoms with Gasteiger partial charge in [-0.2, -0.15) is 0 Å². The van der Waals surface area contributed by atoms with Crippen molar-refractivity contribution < 1.29 is 4.74 Å². The molecule has 0 aromatic carbocycles. The average Bonchev–Trinajstić information content (AvgIpc) is 3.17. The van der Waals surface area contributed by atoms with E-state index in [0.717, 1.165) is 51.3 Å². The van der Waals surface area contributed by atoms with Gasteiger partial charge < -0.3 is 19.5 Å². The fraction of sp³-hybridized carbons (Fsp3) is 0.733. The summed E-state index contributed by atoms with van der Waals surface area (Å²) in [6, 6.07) is 0. The number of nitrogens with one attached hydrogen (secondary N) is 1. The molecule has 0 radical (unpaired) electrons. The molecule has 21 heavy (non-hydrogen) atoms. The Balaban J connectivity index is 1.69. The summed E-state index contributed by atoms with van der Waals surface area (Å²) in [5.74, 6) is 1.76. The minimum absolute atomic E-state index is 0.742. The van der Waals surface area contributed by atoms with Crippen LogP contribution in [0.25, 0.3) is 0 Å². The molecule has 1 aliphatic rings. The van der Waals surface area contributed by atoms with E-state index in [1.807, 2.05) is 17.1 Å². The largest absolute Gasteiger partial charge is 0.379 e. The molecule has 6 nitrogen and oxygen atoms in total. The maximum absolute atomic E-state index is 5.68. The third-order valence-electron chi connectivity index (χ3n) is 3.50. The molecule has 1 aliphatic carbocycles. The Labute approximate surface area is 127 Å². The Hall–Kier alpha value is -1.56. The first-order valence-corrected chi connectivity index (χ1v) is 7.82. The lowest BCUT2D eigenvalue weighted by Crippen LogP contribution is -2.40. The topological polar surface area (TPSA) is 54.7 Å². The van der Waals surface area contributed by atoms with E-state index in [-0.39, 0.29) is 0 Å². The maximum atomic E-state index is 5.68. The summed E-state index contributed by atoms with van der Waals surface area (Å²) in [6.07, 6.45) is 8.25. The molecular weight excluding hydrogens is 266 g/mol. The molecule has 1 N–H and O–H groups in total. The minimum Gasteiger partial charge on any atom is -0.379 e. The van der Waals surface area contributed by atoms with E-state index in [4.69, 9.17) is 4.74 Å². The van der Waals surface area contributed by atoms with Crippen LogP contribution in [0.15, 0.2) is 23.7 Å². The van der Waals surface area contributed by atoms with Crippen LogP contribution in [0.2, 0.25) is 0 Å². The first kappa shape index (κ1) is 15.8. The molecule has 118 valence electrons. The summed E-state index contributed by atoms with van der Waals surface area (Å²) in [5, 5.41) is 3.32. The van der Waals surface area contributed by atoms with Gasteiger partial charge in [-0.05, 0) is 25.7 Å². The van der Waals surface area contributed by atoms with Crippen molar-refractivity contribution in [2.24, 2.45) is 10.9 Å². The first-order chi connectivity index (χ1) is 10.3. The van der Waals surface area contributed by atoms with Crippen LogP contribution in [0, 0.1) is 5.92 Å². The molecule has 1 fully saturated rings. The van der Waals surface area contributed by atoms with Crippen LogP contribution >= 0.6 is 0 Å². The summed E-state index contributed by atoms with van der Waals surface area (Å²) in [7, 11) is 2.05. The van der Waals surface area contributed by atoms with Crippen molar-refractivity contribution in [3.8, 4) is 0 Å². The highest BCUT2D eigenvalue weighted by Crippen LogP contribution is 2.28. The van der Waals surface area contributed by atoms with Gasteiger partial charge in [0.25, 0.3) is 0 Å². The summed E-state index contributed by atoms with van der Waals surface area (Å²) in [5.41, 5.74) is 0. The lowest BCUT2D eigenvalue weighted by Gasteiger charge is -2.22. The zero-order valence-corrected chi connectivity index (χ0v) is 13.2. The van der Waals surface area contributed by atoms with Gasteiger partial charge in [0, 0.05) is 45.7 Å². The highest BCUT2D eigenvalue weighted by atomic mass is 16.5. The smallest absolute Gasteiger partial charge is 0.193 e. The lowest BCUT2D eigenvalue weighted by atomic mass is 10.5. The van der Waals surface area contributed by atoms with Crippen molar-refractivity contribution in [3.63, 3.8) is 0 Å². The SMILES string of the molecule is CCNC(=NCCn1ccnc1)N(C)CCOCC1CC1. The monoisotopic (exact) mass is 293 g/mol. The molecule has 0 aliphatic heterocycles. The molecule has 1 heterocycles. The Morgan fingerprint density at radius 1 is 1.52 bits per heavy atom. The Bertz CT molecular complexity index is 414. The fourth-order valence-electron chi connectivity index (χ4n) is 2.00. The number of nitrogens with zero attached hydrogens (tertiary/aromatic N) is 4. The van der Waals surface area contributed by atoms with Crippen LogP contribution in [0.5, 0.6) is 0 Å². The highest BCUT2D eigenvalue weighted by molar-refractivity contribution is 5.79. The van der Waals surface area contributed by atoms with Crippen LogP contribution in [0.3, 0.4) is 0 Å². The number of aromatic nitrogens is 2. The average molecular weight is 293 g/mol. The van der Waals surface area contributed by atoms with Crippen LogP contribution in [-0.2, 0) is 11.3 Å². The van der Waals surface area contributed by atoms with E-state index in [0.29, 0.717) is 0 Å². The first-order valence-electron chi connectivity index (χ1n) is 7.82. The lowest BCUT2D eigenvalue weighted by molar-refractivity contribution is 0.115. The second-order valence-corrected chi connectivity index (χ2v) is 5.48. The molecule has 0 atom stereocenters. The Morgan fingerprint density at radius 3 is 3.05 bits per heavy atom. The van der Waals surface area contributed by atoms with Gasteiger partial charge in [-0.1, -0.05) is 0 Å². The van der Waals surface area contributed by atoms with Crippen molar-refractivity contribution in [2.75, 3.05) is 39.9 Å². The van der Waals surface area contributed by atoms with Gasteiger partial charge in [0.05, 0.1) is 19.5 Å². The van der Waals surface area contributed by atoms with Crippen molar-refractivity contribution in [3.05, 3.63) is 18.7 Å². The standard InChI is InChI=1S/C15H27N5O/c1-3-17-15(18-7-9-20-8-6-16-13-20)19(2)10-11-21-12-14-4-5-14/h6,8,13-14H,3-5,7,9-12H2,1-2H3,(H,17,18). The molecule has 6 heteroatoms. The number of imidazole rings is 1. The third kappa shape index (κ3) is 6.16. The van der Waals surface area contributed by atoms with Gasteiger partial charge in [-0.15, -0.1) is 0 Å². The number of hydrogen-bond acceptors (Lipinski definition) is 3. The zero-order valence-electron chi connectivity index (χ0n) is 13.2. The second-order valence-electron chi connectivity index (χ2n) is 5.48. The number of guanidine groups is 1. The van der Waals surface area contributed by atoms with Gasteiger partial charge in [-0.25, -0.2) is 4.98 Å². The van der Waals surface area contributed by atoms with Crippen molar-refractivity contribution in [1.82, 2.24) is 19.8 Å². The van der Waals surface area contributed by atoms with Crippen molar-refractivity contribution >= 4 is 5.96 Å². The number of likely N-dealkylation sites (N-methyl/N-ethyl adjacent to an activating group) is 1. The van der Waals surface area contributed by atoms with Gasteiger partial charge in [-0.3, -0.25) is 4.99 Å². The Morgan fingerprint density at radius 2 is 2.38 bits per heavy atom. The van der Waals surface area contributed by atoms with Gasteiger partial charge in [0.15, 0.2) is 5.96 Å². The van der Waals surface area contributed by atoms with Gasteiger partial charge >= 0.3 is 0 Å². The molecule has 1 aromatic rings. The number of ether oxygens (including phenoxy) is 1. The van der Waals surface area contributed by atoms with Crippen LogP contribution in [0.1, 0.15) is 19.8 Å². The third-order valence-corrected chi connectivity index (χ3v) is 3.50. The predicted molar refractivity (Wildman–Crippen MR) is 84.4 cm³/mol. The molecule has 0 spiro atoms. The molecular formula is C15H27N5O. The summed E-state index contributed by atoms with van der Waals surface area (Å²) in [4.78, 5) is 10.8. The second kappa shape index (κ2) is 8.67. The summed E-state index contributed by atoms with van der Waals surface area (Å²) >= 11 is 0. The van der Waals surface area contributed by atoms with E-state index < -0.39 is 0 Å². The van der Waals surface area contributed by atoms with E-state index >= 15 is 0 Å². The quantitative estimate of drug-likeness (QED) is 0.422. The maximum Gasteiger partial charge on any atom is 0.193 e. The predicted octanol–water partition coefficient (Wildman–Crippen LogP) is 1.21.